The zero-order valence-corrected chi connectivity index (χ0v) is 22.6. The van der Waals surface area contributed by atoms with Gasteiger partial charge in [-0.25, -0.2) is 4.98 Å². The zero-order valence-electron chi connectivity index (χ0n) is 22.6. The topological polar surface area (TPSA) is 112 Å². The number of para-hydroxylation sites is 1. The second-order valence-electron chi connectivity index (χ2n) is 11.0. The van der Waals surface area contributed by atoms with Crippen LogP contribution >= 0.6 is 0 Å². The summed E-state index contributed by atoms with van der Waals surface area (Å²) >= 11 is 0. The van der Waals surface area contributed by atoms with Gasteiger partial charge in [-0.1, -0.05) is 24.3 Å². The highest BCUT2D eigenvalue weighted by molar-refractivity contribution is 6.01. The van der Waals surface area contributed by atoms with Crippen LogP contribution in [0.4, 0.5) is 13.2 Å². The van der Waals surface area contributed by atoms with Crippen molar-refractivity contribution >= 4 is 17.2 Å². The van der Waals surface area contributed by atoms with Crippen LogP contribution in [-0.4, -0.2) is 41.5 Å². The molecule has 0 radical (unpaired) electrons. The number of fused-ring (bicyclic) bond motifs is 2. The summed E-state index contributed by atoms with van der Waals surface area (Å²) in [4.78, 5) is 22.3. The molecule has 11 heteroatoms. The smallest absolute Gasteiger partial charge is 0.432 e. The van der Waals surface area contributed by atoms with E-state index < -0.39 is 35.8 Å². The van der Waals surface area contributed by atoms with Crippen molar-refractivity contribution < 1.29 is 31.9 Å². The molecule has 0 saturated heterocycles. The summed E-state index contributed by atoms with van der Waals surface area (Å²) in [7, 11) is 0. The van der Waals surface area contributed by atoms with Gasteiger partial charge in [-0.15, -0.1) is 0 Å². The molecule has 4 aliphatic rings. The summed E-state index contributed by atoms with van der Waals surface area (Å²) in [6.07, 6.45) is 3.23. The lowest BCUT2D eigenvalue weighted by atomic mass is 9.83. The largest absolute Gasteiger partial charge is 0.493 e. The molecule has 3 N–H and O–H groups in total. The molecule has 2 aliphatic carbocycles. The Labute approximate surface area is 235 Å². The molecule has 2 aromatic rings. The minimum Gasteiger partial charge on any atom is -0.493 e. The Morgan fingerprint density at radius 1 is 1.17 bits per heavy atom. The summed E-state index contributed by atoms with van der Waals surface area (Å²) in [5.41, 5.74) is 6.97. The number of oxazole rings is 1. The number of ether oxygens (including phenoxy) is 2. The molecule has 6 rings (SSSR count). The standard InChI is InChI=1S/C30H31F3N4O4/c1-15(2)40-22-11-9-18(17-10-12-23(30(31,32)33)36-25(17)22)29-37-26(27(41-29)24(34)16-7-8-16)28(38)35-20-13-14-39-21-6-4-3-5-19(20)21/h3-6,9-12,15-17,20,24-25H,7-8,13-14,34H2,1-2H3,(H,35,38). The van der Waals surface area contributed by atoms with E-state index in [0.717, 1.165) is 24.5 Å². The van der Waals surface area contributed by atoms with Gasteiger partial charge in [0.2, 0.25) is 5.89 Å². The second kappa shape index (κ2) is 10.5. The summed E-state index contributed by atoms with van der Waals surface area (Å²) < 4.78 is 58.4. The number of alkyl halides is 3. The van der Waals surface area contributed by atoms with E-state index in [9.17, 15) is 18.0 Å². The minimum atomic E-state index is -4.60. The molecule has 0 bridgehead atoms. The Kier molecular flexibility index (Phi) is 7.01. The average molecular weight is 569 g/mol. The molecule has 1 amide bonds. The van der Waals surface area contributed by atoms with Crippen molar-refractivity contribution in [3.05, 3.63) is 77.2 Å². The number of dihydropyridines is 1. The number of nitrogens with one attached hydrogen (secondary N) is 1. The van der Waals surface area contributed by atoms with Gasteiger partial charge in [0.25, 0.3) is 5.91 Å². The Bertz CT molecular complexity index is 1470. The Hall–Kier alpha value is -3.86. The molecule has 1 aromatic heterocycles. The number of carbonyl (C=O) groups excluding carboxylic acids is 1. The molecular formula is C30H31F3N4O4. The number of nitrogens with two attached hydrogens (primary N) is 1. The number of rotatable bonds is 7. The summed E-state index contributed by atoms with van der Waals surface area (Å²) in [6, 6.07) is 5.75. The van der Waals surface area contributed by atoms with Gasteiger partial charge in [-0.2, -0.15) is 13.2 Å². The van der Waals surface area contributed by atoms with Crippen molar-refractivity contribution in [2.75, 3.05) is 6.61 Å². The first-order valence-corrected chi connectivity index (χ1v) is 13.8. The lowest BCUT2D eigenvalue weighted by Gasteiger charge is -2.32. The van der Waals surface area contributed by atoms with Gasteiger partial charge >= 0.3 is 6.18 Å². The van der Waals surface area contributed by atoms with Crippen molar-refractivity contribution in [2.24, 2.45) is 22.6 Å². The quantitative estimate of drug-likeness (QED) is 0.450. The molecule has 4 atom stereocenters. The molecule has 2 aliphatic heterocycles. The molecule has 1 fully saturated rings. The maximum Gasteiger partial charge on any atom is 0.432 e. The van der Waals surface area contributed by atoms with Crippen LogP contribution in [0.25, 0.3) is 5.57 Å². The fourth-order valence-corrected chi connectivity index (χ4v) is 5.46. The lowest BCUT2D eigenvalue weighted by molar-refractivity contribution is -0.0583. The van der Waals surface area contributed by atoms with Crippen LogP contribution in [0, 0.1) is 11.8 Å². The van der Waals surface area contributed by atoms with Crippen LogP contribution in [0.5, 0.6) is 5.75 Å². The van der Waals surface area contributed by atoms with E-state index in [-0.39, 0.29) is 35.4 Å². The molecule has 3 heterocycles. The van der Waals surface area contributed by atoms with E-state index in [1.54, 1.807) is 26.0 Å². The van der Waals surface area contributed by atoms with E-state index in [1.165, 1.54) is 6.08 Å². The molecule has 41 heavy (non-hydrogen) atoms. The van der Waals surface area contributed by atoms with Crippen molar-refractivity contribution in [1.29, 1.82) is 0 Å². The van der Waals surface area contributed by atoms with E-state index >= 15 is 0 Å². The number of aliphatic imine (C=N–C) groups is 1. The highest BCUT2D eigenvalue weighted by Gasteiger charge is 2.43. The van der Waals surface area contributed by atoms with Crippen LogP contribution in [0.15, 0.2) is 63.7 Å². The van der Waals surface area contributed by atoms with Crippen molar-refractivity contribution in [3.8, 4) is 5.75 Å². The number of nitrogens with zero attached hydrogens (tertiary/aromatic N) is 2. The number of hydrogen-bond donors (Lipinski definition) is 2. The molecular weight excluding hydrogens is 537 g/mol. The van der Waals surface area contributed by atoms with Crippen LogP contribution in [0.1, 0.15) is 72.9 Å². The average Bonchev–Trinajstić information content (AvgIpc) is 3.70. The van der Waals surface area contributed by atoms with Crippen molar-refractivity contribution in [3.63, 3.8) is 0 Å². The Balaban J connectivity index is 1.35. The van der Waals surface area contributed by atoms with E-state index in [1.807, 2.05) is 24.3 Å². The molecule has 0 spiro atoms. The third-order valence-corrected chi connectivity index (χ3v) is 7.63. The summed E-state index contributed by atoms with van der Waals surface area (Å²) in [5, 5.41) is 3.06. The Morgan fingerprint density at radius 2 is 1.95 bits per heavy atom. The highest BCUT2D eigenvalue weighted by Crippen LogP contribution is 2.44. The van der Waals surface area contributed by atoms with Crippen LogP contribution < -0.4 is 15.8 Å². The molecule has 1 aromatic carbocycles. The van der Waals surface area contributed by atoms with Gasteiger partial charge in [-0.05, 0) is 56.9 Å². The normalized spacial score (nSPS) is 24.4. The van der Waals surface area contributed by atoms with Crippen LogP contribution in [0.2, 0.25) is 0 Å². The summed E-state index contributed by atoms with van der Waals surface area (Å²) in [6.45, 7) is 4.04. The molecule has 8 nitrogen and oxygen atoms in total. The zero-order chi connectivity index (χ0) is 28.9. The first-order chi connectivity index (χ1) is 19.6. The fraction of sp³-hybridized carbons (Fsp3) is 0.433. The summed E-state index contributed by atoms with van der Waals surface area (Å²) in [5.74, 6) is 0.519. The lowest BCUT2D eigenvalue weighted by Crippen LogP contribution is -2.34. The van der Waals surface area contributed by atoms with E-state index in [4.69, 9.17) is 19.6 Å². The van der Waals surface area contributed by atoms with Gasteiger partial charge in [0, 0.05) is 23.5 Å². The van der Waals surface area contributed by atoms with Crippen LogP contribution in [-0.2, 0) is 4.74 Å². The van der Waals surface area contributed by atoms with E-state index in [2.05, 4.69) is 15.3 Å². The maximum atomic E-state index is 13.7. The second-order valence-corrected chi connectivity index (χ2v) is 11.0. The predicted molar refractivity (Wildman–Crippen MR) is 145 cm³/mol. The third-order valence-electron chi connectivity index (χ3n) is 7.63. The highest BCUT2D eigenvalue weighted by atomic mass is 19.4. The van der Waals surface area contributed by atoms with Gasteiger partial charge in [-0.3, -0.25) is 9.79 Å². The number of carbonyl (C=O) groups is 1. The minimum absolute atomic E-state index is 0.0771. The van der Waals surface area contributed by atoms with Crippen molar-refractivity contribution in [1.82, 2.24) is 10.3 Å². The number of halogens is 3. The first kappa shape index (κ1) is 27.3. The monoisotopic (exact) mass is 568 g/mol. The molecule has 4 unspecified atom stereocenters. The SMILES string of the molecule is CC(C)OC1=CC=C(c2nc(C(=O)NC3CCOc4ccccc43)c(C(N)C3CC3)o2)C2C=CC(C(F)(F)F)=NC12. The van der Waals surface area contributed by atoms with Crippen molar-refractivity contribution in [2.45, 2.75) is 63.5 Å². The number of amides is 1. The van der Waals surface area contributed by atoms with E-state index in [0.29, 0.717) is 30.1 Å². The number of benzene rings is 1. The van der Waals surface area contributed by atoms with Gasteiger partial charge in [0.05, 0.1) is 24.8 Å². The third kappa shape index (κ3) is 5.42. The number of aromatic nitrogens is 1. The number of allylic oxidation sites excluding steroid dienone is 3. The molecule has 216 valence electrons. The van der Waals surface area contributed by atoms with Gasteiger partial charge in [0.15, 0.2) is 11.5 Å². The fourth-order valence-electron chi connectivity index (χ4n) is 5.46. The number of hydrogen-bond acceptors (Lipinski definition) is 7. The van der Waals surface area contributed by atoms with Crippen LogP contribution in [0.3, 0.4) is 0 Å². The first-order valence-electron chi connectivity index (χ1n) is 13.8. The Morgan fingerprint density at radius 3 is 2.68 bits per heavy atom. The van der Waals surface area contributed by atoms with Gasteiger partial charge in [0.1, 0.15) is 23.3 Å². The maximum absolute atomic E-state index is 13.7. The molecule has 1 saturated carbocycles. The predicted octanol–water partition coefficient (Wildman–Crippen LogP) is 5.60. The van der Waals surface area contributed by atoms with Gasteiger partial charge < -0.3 is 24.9 Å².